The van der Waals surface area contributed by atoms with Crippen molar-refractivity contribution >= 4 is 32.2 Å². The summed E-state index contributed by atoms with van der Waals surface area (Å²) in [5.74, 6) is 0. The summed E-state index contributed by atoms with van der Waals surface area (Å²) in [5.41, 5.74) is 5.36. The number of hydrogen-bond donors (Lipinski definition) is 1. The van der Waals surface area contributed by atoms with E-state index in [1.54, 1.807) is 21.3 Å². The zero-order chi connectivity index (χ0) is 8.74. The van der Waals surface area contributed by atoms with Gasteiger partial charge < -0.3 is 19.0 Å². The molecule has 84 valence electrons. The van der Waals surface area contributed by atoms with Crippen molar-refractivity contribution < 1.29 is 13.3 Å². The lowest BCUT2D eigenvalue weighted by molar-refractivity contribution is 0.123. The van der Waals surface area contributed by atoms with E-state index in [-0.39, 0.29) is 23.4 Å². The molecule has 7 heteroatoms. The lowest BCUT2D eigenvalue weighted by Crippen LogP contribution is -2.42. The molecule has 0 fully saturated rings. The Morgan fingerprint density at radius 3 is 1.69 bits per heavy atom. The number of halogens is 1. The average Bonchev–Trinajstić information content (AvgIpc) is 2.08. The van der Waals surface area contributed by atoms with Crippen molar-refractivity contribution in [2.75, 3.05) is 27.9 Å². The fourth-order valence-corrected chi connectivity index (χ4v) is 2.62. The van der Waals surface area contributed by atoms with E-state index in [0.717, 1.165) is 12.5 Å². The summed E-state index contributed by atoms with van der Waals surface area (Å²) in [7, 11) is 2.50. The Kier molecular flexibility index (Phi) is 15.7. The topological polar surface area (TPSA) is 53.7 Å². The molecule has 0 aliphatic carbocycles. The maximum Gasteiger partial charge on any atom is 0.500 e. The molecule has 0 radical (unpaired) electrons. The van der Waals surface area contributed by atoms with Crippen LogP contribution in [0.25, 0.3) is 0 Å². The van der Waals surface area contributed by atoms with Gasteiger partial charge in [-0.3, -0.25) is 0 Å². The summed E-state index contributed by atoms with van der Waals surface area (Å²) in [4.78, 5) is 0. The van der Waals surface area contributed by atoms with Gasteiger partial charge in [0.15, 0.2) is 0 Å². The predicted octanol–water partition coefficient (Wildman–Crippen LogP) is -0.816. The van der Waals surface area contributed by atoms with Crippen LogP contribution >= 0.6 is 12.4 Å². The lowest BCUT2D eigenvalue weighted by atomic mass is 10.5. The molecule has 0 bridgehead atoms. The van der Waals surface area contributed by atoms with E-state index in [2.05, 4.69) is 0 Å². The first kappa shape index (κ1) is 19.2. The first-order chi connectivity index (χ1) is 5.24. The molecular weight excluding hydrogens is 226 g/mol. The van der Waals surface area contributed by atoms with E-state index < -0.39 is 8.80 Å². The minimum atomic E-state index is -2.32. The lowest BCUT2D eigenvalue weighted by Gasteiger charge is -2.23. The van der Waals surface area contributed by atoms with Gasteiger partial charge in [0.2, 0.25) is 0 Å². The Bertz CT molecular complexity index is 97.6. The normalized spacial score (nSPS) is 10.2. The maximum atomic E-state index is 5.36. The first-order valence-corrected chi connectivity index (χ1v) is 5.53. The van der Waals surface area contributed by atoms with Gasteiger partial charge in [0, 0.05) is 27.4 Å². The van der Waals surface area contributed by atoms with Crippen LogP contribution in [0.4, 0.5) is 0 Å². The quantitative estimate of drug-likeness (QED) is 0.624. The molecule has 4 nitrogen and oxygen atoms in total. The van der Waals surface area contributed by atoms with Crippen LogP contribution in [0.2, 0.25) is 6.04 Å². The van der Waals surface area contributed by atoms with Gasteiger partial charge in [-0.25, -0.2) is 0 Å². The van der Waals surface area contributed by atoms with Crippen LogP contribution in [0, 0.1) is 0 Å². The van der Waals surface area contributed by atoms with E-state index in [9.17, 15) is 0 Å². The summed E-state index contributed by atoms with van der Waals surface area (Å²) in [6, 6.07) is 0.785. The van der Waals surface area contributed by atoms with Gasteiger partial charge in [-0.2, -0.15) is 0 Å². The smallest absolute Gasteiger partial charge is 0.377 e. The predicted molar refractivity (Wildman–Crippen MR) is 63.8 cm³/mol. The van der Waals surface area contributed by atoms with Crippen molar-refractivity contribution in [3.8, 4) is 0 Å². The second kappa shape index (κ2) is 10.6. The van der Waals surface area contributed by atoms with Gasteiger partial charge in [-0.1, -0.05) is 0 Å². The van der Waals surface area contributed by atoms with Crippen LogP contribution < -0.4 is 5.73 Å². The molecule has 0 spiro atoms. The number of nitrogens with two attached hydrogens (primary N) is 1. The Labute approximate surface area is 91.9 Å². The second-order valence-electron chi connectivity index (χ2n) is 2.19. The molecule has 0 unspecified atom stereocenters. The molecule has 0 aliphatic rings. The molecule has 0 heterocycles. The van der Waals surface area contributed by atoms with Crippen molar-refractivity contribution in [2.45, 2.75) is 12.5 Å². The van der Waals surface area contributed by atoms with Gasteiger partial charge in [0.1, 0.15) is 0 Å². The van der Waals surface area contributed by atoms with Gasteiger partial charge in [0.05, 0.1) is 0 Å². The van der Waals surface area contributed by atoms with Gasteiger partial charge >= 0.3 is 8.80 Å². The van der Waals surface area contributed by atoms with Crippen LogP contribution in [-0.2, 0) is 13.3 Å². The fourth-order valence-electron chi connectivity index (χ4n) is 0.875. The third-order valence-electron chi connectivity index (χ3n) is 1.62. The molecule has 0 aromatic heterocycles. The molecule has 2 N–H and O–H groups in total. The van der Waals surface area contributed by atoms with Crippen LogP contribution in [0.5, 0.6) is 0 Å². The molecule has 0 atom stereocenters. The van der Waals surface area contributed by atoms with Gasteiger partial charge in [-0.05, 0) is 23.9 Å². The largest absolute Gasteiger partial charge is 0.500 e. The zero-order valence-electron chi connectivity index (χ0n) is 7.83. The summed E-state index contributed by atoms with van der Waals surface area (Å²) < 4.78 is 15.5. The Morgan fingerprint density at radius 1 is 1.08 bits per heavy atom. The maximum absolute atomic E-state index is 5.36. The molecule has 0 aromatic rings. The first-order valence-electron chi connectivity index (χ1n) is 3.60. The van der Waals surface area contributed by atoms with E-state index in [1.165, 1.54) is 0 Å². The van der Waals surface area contributed by atoms with Crippen molar-refractivity contribution in [3.63, 3.8) is 0 Å². The SMILES string of the molecule is CO[Si](CCCN)(OC)OC.Cl.[SiH4]. The van der Waals surface area contributed by atoms with E-state index in [0.29, 0.717) is 6.54 Å². The van der Waals surface area contributed by atoms with Crippen molar-refractivity contribution in [1.82, 2.24) is 0 Å². The molecule has 0 saturated heterocycles. The van der Waals surface area contributed by atoms with Crippen LogP contribution in [0.1, 0.15) is 6.42 Å². The number of rotatable bonds is 6. The Balaban J connectivity index is -0.000000500. The van der Waals surface area contributed by atoms with Crippen LogP contribution in [0.15, 0.2) is 0 Å². The van der Waals surface area contributed by atoms with E-state index in [1.807, 2.05) is 0 Å². The summed E-state index contributed by atoms with van der Waals surface area (Å²) in [6.07, 6.45) is 0.877. The summed E-state index contributed by atoms with van der Waals surface area (Å²) >= 11 is 0. The third-order valence-corrected chi connectivity index (χ3v) is 4.45. The molecule has 0 rings (SSSR count). The standard InChI is InChI=1S/C6H17NO3Si.ClH.H4Si/c1-8-11(9-2,10-3)6-4-5-7;;/h4-7H2,1-3H3;1H;1H4. The van der Waals surface area contributed by atoms with Crippen LogP contribution in [-0.4, -0.2) is 47.6 Å². The van der Waals surface area contributed by atoms with Crippen molar-refractivity contribution in [3.05, 3.63) is 0 Å². The van der Waals surface area contributed by atoms with Gasteiger partial charge in [0.25, 0.3) is 0 Å². The summed E-state index contributed by atoms with van der Waals surface area (Å²) in [5, 5.41) is 0. The molecule has 0 aromatic carbocycles. The van der Waals surface area contributed by atoms with Crippen LogP contribution in [0.3, 0.4) is 0 Å². The molecule has 0 amide bonds. The van der Waals surface area contributed by atoms with E-state index >= 15 is 0 Å². The highest BCUT2D eigenvalue weighted by Gasteiger charge is 2.36. The summed E-state index contributed by atoms with van der Waals surface area (Å²) in [6.45, 7) is 0.644. The van der Waals surface area contributed by atoms with Crippen molar-refractivity contribution in [2.24, 2.45) is 5.73 Å². The Morgan fingerprint density at radius 2 is 1.46 bits per heavy atom. The zero-order valence-corrected chi connectivity index (χ0v) is 9.65. The molecule has 13 heavy (non-hydrogen) atoms. The number of hydrogen-bond acceptors (Lipinski definition) is 4. The highest BCUT2D eigenvalue weighted by molar-refractivity contribution is 6.60. The average molecular weight is 248 g/mol. The minimum Gasteiger partial charge on any atom is -0.377 e. The highest BCUT2D eigenvalue weighted by atomic mass is 35.5. The van der Waals surface area contributed by atoms with Gasteiger partial charge in [-0.15, -0.1) is 12.4 Å². The van der Waals surface area contributed by atoms with Crippen molar-refractivity contribution in [1.29, 1.82) is 0 Å². The Hall–Kier alpha value is 0.564. The minimum absolute atomic E-state index is 0. The highest BCUT2D eigenvalue weighted by Crippen LogP contribution is 2.13. The third kappa shape index (κ3) is 6.61. The fraction of sp³-hybridized carbons (Fsp3) is 1.00. The molecule has 0 saturated carbocycles. The second-order valence-corrected chi connectivity index (χ2v) is 5.28. The molecule has 0 aliphatic heterocycles. The van der Waals surface area contributed by atoms with E-state index in [4.69, 9.17) is 19.0 Å². The monoisotopic (exact) mass is 247 g/mol. The molecular formula is C6H22ClNO3Si2.